The van der Waals surface area contributed by atoms with Gasteiger partial charge in [-0.15, -0.1) is 11.8 Å². The monoisotopic (exact) mass is 188 g/mol. The van der Waals surface area contributed by atoms with Gasteiger partial charge in [0.1, 0.15) is 4.93 Å². The highest BCUT2D eigenvalue weighted by atomic mass is 32.2. The third-order valence-corrected chi connectivity index (χ3v) is 4.39. The van der Waals surface area contributed by atoms with Gasteiger partial charge in [-0.25, -0.2) is 0 Å². The predicted molar refractivity (Wildman–Crippen MR) is 55.5 cm³/mol. The minimum Gasteiger partial charge on any atom is -0.361 e. The van der Waals surface area contributed by atoms with Crippen LogP contribution in [-0.2, 0) is 4.74 Å². The first-order valence-electron chi connectivity index (χ1n) is 4.67. The van der Waals surface area contributed by atoms with Crippen LogP contribution in [0.5, 0.6) is 0 Å². The molecule has 0 aromatic heterocycles. The molecule has 0 N–H and O–H groups in total. The molecule has 2 heteroatoms. The van der Waals surface area contributed by atoms with E-state index in [9.17, 15) is 0 Å². The largest absolute Gasteiger partial charge is 0.361 e. The molecular weight excluding hydrogens is 168 g/mol. The lowest BCUT2D eigenvalue weighted by Gasteiger charge is -2.45. The molecule has 1 aliphatic rings. The van der Waals surface area contributed by atoms with Crippen LogP contribution in [0.25, 0.3) is 0 Å². The van der Waals surface area contributed by atoms with Crippen molar-refractivity contribution in [3.63, 3.8) is 0 Å². The van der Waals surface area contributed by atoms with E-state index in [0.717, 1.165) is 0 Å². The molecular formula is C10H20OS. The number of hydrogen-bond acceptors (Lipinski definition) is 2. The molecule has 1 aliphatic heterocycles. The van der Waals surface area contributed by atoms with E-state index in [2.05, 4.69) is 34.6 Å². The maximum atomic E-state index is 6.00. The van der Waals surface area contributed by atoms with Gasteiger partial charge in [0, 0.05) is 5.41 Å². The normalized spacial score (nSPS) is 38.2. The number of thioether (sulfide) groups is 1. The van der Waals surface area contributed by atoms with Crippen LogP contribution in [0, 0.1) is 5.41 Å². The summed E-state index contributed by atoms with van der Waals surface area (Å²) in [7, 11) is 0. The molecule has 0 bridgehead atoms. The van der Waals surface area contributed by atoms with Gasteiger partial charge in [0.05, 0.1) is 6.10 Å². The van der Waals surface area contributed by atoms with Gasteiger partial charge < -0.3 is 4.74 Å². The second-order valence-corrected chi connectivity index (χ2v) is 6.24. The first kappa shape index (κ1) is 10.4. The fourth-order valence-corrected chi connectivity index (χ4v) is 2.79. The highest BCUT2D eigenvalue weighted by molar-refractivity contribution is 8.00. The molecule has 0 aliphatic carbocycles. The van der Waals surface area contributed by atoms with Crippen molar-refractivity contribution >= 4 is 11.8 Å². The fourth-order valence-electron chi connectivity index (χ4n) is 1.29. The second-order valence-electron chi connectivity index (χ2n) is 4.76. The smallest absolute Gasteiger partial charge is 0.116 e. The Labute approximate surface area is 80.3 Å². The molecule has 0 saturated carbocycles. The Morgan fingerprint density at radius 3 is 2.33 bits per heavy atom. The summed E-state index contributed by atoms with van der Waals surface area (Å²) in [6, 6.07) is 0. The third kappa shape index (κ3) is 1.97. The summed E-state index contributed by atoms with van der Waals surface area (Å²) in [6.45, 7) is 11.1. The van der Waals surface area contributed by atoms with Crippen LogP contribution >= 0.6 is 11.8 Å². The minimum absolute atomic E-state index is 0.00463. The van der Waals surface area contributed by atoms with E-state index >= 15 is 0 Å². The van der Waals surface area contributed by atoms with Gasteiger partial charge in [-0.2, -0.15) is 0 Å². The molecule has 0 spiro atoms. The van der Waals surface area contributed by atoms with E-state index in [4.69, 9.17) is 4.74 Å². The summed E-state index contributed by atoms with van der Waals surface area (Å²) in [5.74, 6) is 1.23. The van der Waals surface area contributed by atoms with Gasteiger partial charge in [-0.1, -0.05) is 20.8 Å². The van der Waals surface area contributed by atoms with E-state index in [1.807, 2.05) is 11.8 Å². The van der Waals surface area contributed by atoms with Gasteiger partial charge in [-0.05, 0) is 26.0 Å². The average molecular weight is 188 g/mol. The van der Waals surface area contributed by atoms with Crippen LogP contribution in [0.4, 0.5) is 0 Å². The number of hydrogen-bond donors (Lipinski definition) is 0. The Morgan fingerprint density at radius 1 is 1.42 bits per heavy atom. The first-order valence-corrected chi connectivity index (χ1v) is 5.65. The van der Waals surface area contributed by atoms with Gasteiger partial charge in [0.25, 0.3) is 0 Å². The highest BCUT2D eigenvalue weighted by Crippen LogP contribution is 2.46. The fraction of sp³-hybridized carbons (Fsp3) is 1.00. The van der Waals surface area contributed by atoms with Crippen LogP contribution in [0.15, 0.2) is 0 Å². The van der Waals surface area contributed by atoms with Crippen LogP contribution in [0.1, 0.15) is 41.0 Å². The van der Waals surface area contributed by atoms with Crippen molar-refractivity contribution in [2.24, 2.45) is 5.41 Å². The minimum atomic E-state index is 0.00463. The van der Waals surface area contributed by atoms with Crippen molar-refractivity contribution in [2.75, 3.05) is 5.75 Å². The van der Waals surface area contributed by atoms with Crippen molar-refractivity contribution in [3.05, 3.63) is 0 Å². The van der Waals surface area contributed by atoms with E-state index in [-0.39, 0.29) is 10.3 Å². The van der Waals surface area contributed by atoms with Crippen molar-refractivity contribution in [1.29, 1.82) is 0 Å². The van der Waals surface area contributed by atoms with Gasteiger partial charge >= 0.3 is 0 Å². The van der Waals surface area contributed by atoms with Crippen LogP contribution < -0.4 is 0 Å². The Balaban J connectivity index is 2.70. The summed E-state index contributed by atoms with van der Waals surface area (Å²) in [5.41, 5.74) is 0.229. The highest BCUT2D eigenvalue weighted by Gasteiger charge is 2.42. The van der Waals surface area contributed by atoms with Crippen LogP contribution in [0.3, 0.4) is 0 Å². The Bertz CT molecular complexity index is 162. The molecule has 0 amide bonds. The molecule has 0 aromatic carbocycles. The van der Waals surface area contributed by atoms with Crippen LogP contribution in [-0.4, -0.2) is 16.8 Å². The van der Waals surface area contributed by atoms with Gasteiger partial charge in [0.2, 0.25) is 0 Å². The summed E-state index contributed by atoms with van der Waals surface area (Å²) in [4.78, 5) is 0.00463. The number of ether oxygens (including phenoxy) is 1. The zero-order valence-electron chi connectivity index (χ0n) is 8.81. The zero-order valence-corrected chi connectivity index (χ0v) is 9.62. The van der Waals surface area contributed by atoms with Gasteiger partial charge in [0.15, 0.2) is 0 Å². The summed E-state index contributed by atoms with van der Waals surface area (Å²) in [6.07, 6.45) is 1.62. The van der Waals surface area contributed by atoms with E-state index in [1.165, 1.54) is 12.2 Å². The maximum absolute atomic E-state index is 6.00. The Kier molecular flexibility index (Phi) is 2.79. The lowest BCUT2D eigenvalue weighted by Crippen LogP contribution is -2.44. The number of rotatable bonds is 0. The van der Waals surface area contributed by atoms with Crippen molar-refractivity contribution < 1.29 is 4.74 Å². The summed E-state index contributed by atoms with van der Waals surface area (Å²) in [5, 5.41) is 0. The molecule has 0 aromatic rings. The average Bonchev–Trinajstić information content (AvgIpc) is 1.83. The molecule has 1 nitrogen and oxygen atoms in total. The lowest BCUT2D eigenvalue weighted by atomic mass is 9.89. The summed E-state index contributed by atoms with van der Waals surface area (Å²) < 4.78 is 6.00. The van der Waals surface area contributed by atoms with Crippen molar-refractivity contribution in [2.45, 2.75) is 52.1 Å². The maximum Gasteiger partial charge on any atom is 0.116 e. The third-order valence-electron chi connectivity index (χ3n) is 2.69. The molecule has 1 heterocycles. The molecule has 12 heavy (non-hydrogen) atoms. The van der Waals surface area contributed by atoms with Crippen molar-refractivity contribution in [3.8, 4) is 0 Å². The SMILES string of the molecule is C[C@@H]1CCS[C@@](C)(C(C)(C)C)O1. The topological polar surface area (TPSA) is 9.23 Å². The van der Waals surface area contributed by atoms with E-state index < -0.39 is 0 Å². The first-order chi connectivity index (χ1) is 5.35. The standard InChI is InChI=1S/C10H20OS/c1-8-6-7-12-10(5,11-8)9(2,3)4/h8H,6-7H2,1-5H3/t8-,10+/m1/s1. The van der Waals surface area contributed by atoms with E-state index in [0.29, 0.717) is 6.10 Å². The molecule has 0 unspecified atom stereocenters. The second kappa shape index (κ2) is 3.22. The van der Waals surface area contributed by atoms with Crippen LogP contribution in [0.2, 0.25) is 0 Å². The molecule has 72 valence electrons. The van der Waals surface area contributed by atoms with E-state index in [1.54, 1.807) is 0 Å². The quantitative estimate of drug-likeness (QED) is 0.577. The predicted octanol–water partition coefficient (Wildman–Crippen LogP) is 3.29. The molecule has 1 fully saturated rings. The molecule has 2 atom stereocenters. The van der Waals surface area contributed by atoms with Crippen molar-refractivity contribution in [1.82, 2.24) is 0 Å². The molecule has 0 radical (unpaired) electrons. The Morgan fingerprint density at radius 2 is 2.00 bits per heavy atom. The summed E-state index contributed by atoms with van der Waals surface area (Å²) >= 11 is 1.95. The Hall–Kier alpha value is 0.310. The van der Waals surface area contributed by atoms with Gasteiger partial charge in [-0.3, -0.25) is 0 Å². The zero-order chi connectivity index (χ0) is 9.41. The molecule has 1 saturated heterocycles. The molecule has 1 rings (SSSR count). The lowest BCUT2D eigenvalue weighted by molar-refractivity contribution is -0.0804.